The lowest BCUT2D eigenvalue weighted by Crippen LogP contribution is -2.55. The second kappa shape index (κ2) is 9.09. The van der Waals surface area contributed by atoms with Crippen LogP contribution in [0.15, 0.2) is 48.5 Å². The van der Waals surface area contributed by atoms with Gasteiger partial charge in [-0.25, -0.2) is 4.39 Å². The quantitative estimate of drug-likeness (QED) is 0.571. The van der Waals surface area contributed by atoms with Gasteiger partial charge < -0.3 is 10.2 Å². The molecule has 1 saturated heterocycles. The minimum absolute atomic E-state index is 0.0676. The van der Waals surface area contributed by atoms with Crippen LogP contribution >= 0.6 is 11.6 Å². The van der Waals surface area contributed by atoms with Gasteiger partial charge in [-0.05, 0) is 99.2 Å². The number of carbonyl (C=O) groups is 2. The molecule has 0 aromatic heterocycles. The van der Waals surface area contributed by atoms with Crippen LogP contribution in [0.25, 0.3) is 0 Å². The number of halogens is 2. The zero-order chi connectivity index (χ0) is 23.0. The molecule has 2 amide bonds. The molecule has 1 aliphatic heterocycles. The van der Waals surface area contributed by atoms with Gasteiger partial charge in [0.15, 0.2) is 0 Å². The highest BCUT2D eigenvalue weighted by atomic mass is 35.5. The van der Waals surface area contributed by atoms with E-state index in [2.05, 4.69) is 10.2 Å². The van der Waals surface area contributed by atoms with Gasteiger partial charge in [-0.15, -0.1) is 0 Å². The molecular formula is C27H30ClFN2O2. The number of likely N-dealkylation sites (tertiary alicyclic amines) is 1. The van der Waals surface area contributed by atoms with E-state index < -0.39 is 0 Å². The van der Waals surface area contributed by atoms with Crippen molar-refractivity contribution >= 4 is 29.1 Å². The van der Waals surface area contributed by atoms with Crippen molar-refractivity contribution in [2.45, 2.75) is 57.4 Å². The van der Waals surface area contributed by atoms with E-state index >= 15 is 0 Å². The number of nitrogens with one attached hydrogen (secondary N) is 1. The Kier molecular flexibility index (Phi) is 6.17. The van der Waals surface area contributed by atoms with Crippen LogP contribution in [0.2, 0.25) is 5.02 Å². The number of hydrogen-bond donors (Lipinski definition) is 1. The first-order chi connectivity index (χ1) is 16.0. The highest BCUT2D eigenvalue weighted by Crippen LogP contribution is 2.55. The van der Waals surface area contributed by atoms with Gasteiger partial charge in [-0.2, -0.15) is 0 Å². The Hall–Kier alpha value is -2.40. The molecule has 0 bridgehead atoms. The summed E-state index contributed by atoms with van der Waals surface area (Å²) >= 11 is 6.13. The molecule has 3 atom stereocenters. The minimum Gasteiger partial charge on any atom is -0.335 e. The van der Waals surface area contributed by atoms with E-state index in [1.807, 2.05) is 12.1 Å². The van der Waals surface area contributed by atoms with Crippen molar-refractivity contribution in [1.82, 2.24) is 4.90 Å². The number of benzene rings is 2. The van der Waals surface area contributed by atoms with Gasteiger partial charge in [0.25, 0.3) is 5.91 Å². The van der Waals surface area contributed by atoms with E-state index in [9.17, 15) is 14.0 Å². The van der Waals surface area contributed by atoms with Crippen LogP contribution in [0, 0.1) is 23.1 Å². The smallest absolute Gasteiger partial charge is 0.254 e. The normalized spacial score (nSPS) is 26.1. The summed E-state index contributed by atoms with van der Waals surface area (Å²) in [5, 5.41) is 3.63. The molecule has 2 aliphatic carbocycles. The Morgan fingerprint density at radius 3 is 2.52 bits per heavy atom. The van der Waals surface area contributed by atoms with Crippen molar-refractivity contribution in [2.24, 2.45) is 17.3 Å². The molecule has 2 aromatic rings. The van der Waals surface area contributed by atoms with Crippen LogP contribution in [-0.2, 0) is 4.79 Å². The maximum Gasteiger partial charge on any atom is 0.254 e. The first kappa shape index (κ1) is 22.4. The van der Waals surface area contributed by atoms with E-state index in [0.29, 0.717) is 28.1 Å². The molecule has 0 radical (unpaired) electrons. The zero-order valence-electron chi connectivity index (χ0n) is 18.7. The lowest BCUT2D eigenvalue weighted by atomic mass is 9.54. The third-order valence-electron chi connectivity index (χ3n) is 8.23. The monoisotopic (exact) mass is 468 g/mol. The van der Waals surface area contributed by atoms with Gasteiger partial charge in [0.05, 0.1) is 5.41 Å². The Morgan fingerprint density at radius 1 is 1.03 bits per heavy atom. The van der Waals surface area contributed by atoms with Crippen molar-refractivity contribution in [3.63, 3.8) is 0 Å². The highest BCUT2D eigenvalue weighted by molar-refractivity contribution is 6.30. The van der Waals surface area contributed by atoms with Crippen molar-refractivity contribution in [1.29, 1.82) is 0 Å². The van der Waals surface area contributed by atoms with Gasteiger partial charge in [-0.1, -0.05) is 24.1 Å². The highest BCUT2D eigenvalue weighted by Gasteiger charge is 2.53. The number of anilines is 1. The van der Waals surface area contributed by atoms with Gasteiger partial charge >= 0.3 is 0 Å². The summed E-state index contributed by atoms with van der Waals surface area (Å²) < 4.78 is 13.3. The molecule has 1 N–H and O–H groups in total. The molecule has 3 aliphatic rings. The average molecular weight is 469 g/mol. The maximum atomic E-state index is 13.4. The number of piperidine rings is 1. The average Bonchev–Trinajstić information content (AvgIpc) is 2.79. The zero-order valence-corrected chi connectivity index (χ0v) is 19.5. The summed E-state index contributed by atoms with van der Waals surface area (Å²) in [5.74, 6) is 0.592. The second-order valence-corrected chi connectivity index (χ2v) is 10.4. The number of carbonyl (C=O) groups excluding carboxylic acids is 2. The summed E-state index contributed by atoms with van der Waals surface area (Å²) in [6, 6.07) is 13.4. The van der Waals surface area contributed by atoms with Crippen molar-refractivity contribution < 1.29 is 14.0 Å². The van der Waals surface area contributed by atoms with Crippen LogP contribution in [0.4, 0.5) is 10.1 Å². The molecule has 3 unspecified atom stereocenters. The summed E-state index contributed by atoms with van der Waals surface area (Å²) in [4.78, 5) is 28.7. The van der Waals surface area contributed by atoms with Crippen molar-refractivity contribution in [3.05, 3.63) is 64.9 Å². The Labute approximate surface area is 199 Å². The lowest BCUT2D eigenvalue weighted by Gasteiger charge is -2.53. The van der Waals surface area contributed by atoms with Gasteiger partial charge in [0.1, 0.15) is 5.82 Å². The predicted octanol–water partition coefficient (Wildman–Crippen LogP) is 6.31. The van der Waals surface area contributed by atoms with Crippen molar-refractivity contribution in [2.75, 3.05) is 11.9 Å². The third kappa shape index (κ3) is 4.28. The first-order valence-electron chi connectivity index (χ1n) is 12.1. The molecule has 5 rings (SSSR count). The fourth-order valence-electron chi connectivity index (χ4n) is 6.37. The summed E-state index contributed by atoms with van der Waals surface area (Å²) in [6.07, 6.45) is 7.87. The van der Waals surface area contributed by atoms with E-state index in [0.717, 1.165) is 57.9 Å². The van der Waals surface area contributed by atoms with Gasteiger partial charge in [0, 0.05) is 28.9 Å². The van der Waals surface area contributed by atoms with Gasteiger partial charge in [-0.3, -0.25) is 9.59 Å². The molecule has 0 spiro atoms. The molecule has 174 valence electrons. The lowest BCUT2D eigenvalue weighted by molar-refractivity contribution is -0.138. The summed E-state index contributed by atoms with van der Waals surface area (Å²) in [7, 11) is 0. The maximum absolute atomic E-state index is 13.4. The standard InChI is InChI=1S/C27H30ClFN2O2/c28-21-6-1-4-19(17-21)25(32)31-15-2-5-18-16-20(7-12-24(18)31)27(13-3-14-27)26(33)30-23-10-8-22(29)9-11-23/h1,4,6,8-11,17-18,20,24H,2-3,5,7,12-16H2,(H,30,33). The Morgan fingerprint density at radius 2 is 1.82 bits per heavy atom. The fourth-order valence-corrected chi connectivity index (χ4v) is 6.56. The molecule has 6 heteroatoms. The van der Waals surface area contributed by atoms with E-state index in [-0.39, 0.29) is 29.1 Å². The molecule has 1 heterocycles. The third-order valence-corrected chi connectivity index (χ3v) is 8.47. The van der Waals surface area contributed by atoms with E-state index in [4.69, 9.17) is 11.6 Å². The second-order valence-electron chi connectivity index (χ2n) is 9.96. The van der Waals surface area contributed by atoms with Crippen LogP contribution in [0.1, 0.15) is 61.7 Å². The molecule has 4 nitrogen and oxygen atoms in total. The Bertz CT molecular complexity index is 1040. The van der Waals surface area contributed by atoms with Gasteiger partial charge in [0.2, 0.25) is 5.91 Å². The molecule has 2 saturated carbocycles. The van der Waals surface area contributed by atoms with E-state index in [1.165, 1.54) is 12.1 Å². The number of fused-ring (bicyclic) bond motifs is 1. The number of rotatable bonds is 4. The van der Waals surface area contributed by atoms with Crippen LogP contribution < -0.4 is 5.32 Å². The molecule has 33 heavy (non-hydrogen) atoms. The summed E-state index contributed by atoms with van der Waals surface area (Å²) in [6.45, 7) is 0.785. The largest absolute Gasteiger partial charge is 0.335 e. The van der Waals surface area contributed by atoms with Crippen molar-refractivity contribution in [3.8, 4) is 0 Å². The Balaban J connectivity index is 1.29. The summed E-state index contributed by atoms with van der Waals surface area (Å²) in [5.41, 5.74) is 0.968. The first-order valence-corrected chi connectivity index (χ1v) is 12.5. The van der Waals surface area contributed by atoms with Crippen LogP contribution in [0.3, 0.4) is 0 Å². The molecule has 3 fully saturated rings. The fraction of sp³-hybridized carbons (Fsp3) is 0.481. The topological polar surface area (TPSA) is 49.4 Å². The molecular weight excluding hydrogens is 439 g/mol. The number of hydrogen-bond acceptors (Lipinski definition) is 2. The van der Waals surface area contributed by atoms with Crippen LogP contribution in [-0.4, -0.2) is 29.3 Å². The van der Waals surface area contributed by atoms with E-state index in [1.54, 1.807) is 24.3 Å². The number of amides is 2. The van der Waals surface area contributed by atoms with Crippen LogP contribution in [0.5, 0.6) is 0 Å². The predicted molar refractivity (Wildman–Crippen MR) is 128 cm³/mol. The minimum atomic E-state index is -0.335. The SMILES string of the molecule is O=C(c1cccc(Cl)c1)N1CCCC2CC(C3(C(=O)Nc4ccc(F)cc4)CCC3)CCC21. The molecule has 2 aromatic carbocycles. The number of nitrogens with zero attached hydrogens (tertiary/aromatic N) is 1.